The van der Waals surface area contributed by atoms with E-state index in [-0.39, 0.29) is 12.7 Å². The molecule has 4 rings (SSSR count). The standard InChI is InChI=1S/C18H16N2O4/c1-22-15-4-2-3-13-12(15)8-14(20-13)18(21)19-9-11-5-6-16-17(7-11)24-10-23-16/h2-8,20H,9-10H2,1H3,(H,19,21). The Morgan fingerprint density at radius 1 is 1.21 bits per heavy atom. The summed E-state index contributed by atoms with van der Waals surface area (Å²) < 4.78 is 15.9. The molecular formula is C18H16N2O4. The van der Waals surface area contributed by atoms with Gasteiger partial charge in [0.05, 0.1) is 7.11 Å². The number of nitrogens with one attached hydrogen (secondary N) is 2. The Morgan fingerprint density at radius 3 is 2.96 bits per heavy atom. The molecule has 0 saturated heterocycles. The van der Waals surface area contributed by atoms with Crippen LogP contribution in [0.1, 0.15) is 16.1 Å². The van der Waals surface area contributed by atoms with E-state index in [4.69, 9.17) is 14.2 Å². The third kappa shape index (κ3) is 2.52. The van der Waals surface area contributed by atoms with Crippen molar-refractivity contribution in [2.45, 2.75) is 6.54 Å². The quantitative estimate of drug-likeness (QED) is 0.774. The van der Waals surface area contributed by atoms with Crippen molar-refractivity contribution in [3.8, 4) is 17.2 Å². The minimum Gasteiger partial charge on any atom is -0.496 e. The van der Waals surface area contributed by atoms with Gasteiger partial charge in [-0.1, -0.05) is 12.1 Å². The van der Waals surface area contributed by atoms with E-state index in [2.05, 4.69) is 10.3 Å². The van der Waals surface area contributed by atoms with Gasteiger partial charge in [0, 0.05) is 17.4 Å². The Balaban J connectivity index is 1.50. The molecule has 0 saturated carbocycles. The smallest absolute Gasteiger partial charge is 0.267 e. The minimum atomic E-state index is -0.175. The first-order chi connectivity index (χ1) is 11.7. The lowest BCUT2D eigenvalue weighted by atomic mass is 10.2. The van der Waals surface area contributed by atoms with Crippen molar-refractivity contribution >= 4 is 16.8 Å². The highest BCUT2D eigenvalue weighted by molar-refractivity contribution is 5.99. The molecule has 0 spiro atoms. The van der Waals surface area contributed by atoms with Crippen molar-refractivity contribution < 1.29 is 19.0 Å². The highest BCUT2D eigenvalue weighted by Crippen LogP contribution is 2.32. The molecule has 0 unspecified atom stereocenters. The minimum absolute atomic E-state index is 0.175. The number of carbonyl (C=O) groups excluding carboxylic acids is 1. The van der Waals surface area contributed by atoms with E-state index in [0.717, 1.165) is 28.0 Å². The van der Waals surface area contributed by atoms with Crippen LogP contribution < -0.4 is 19.5 Å². The first-order valence-electron chi connectivity index (χ1n) is 7.57. The molecule has 0 atom stereocenters. The molecule has 2 heterocycles. The number of aromatic nitrogens is 1. The number of rotatable bonds is 4. The van der Waals surface area contributed by atoms with Gasteiger partial charge in [0.15, 0.2) is 11.5 Å². The molecular weight excluding hydrogens is 308 g/mol. The summed E-state index contributed by atoms with van der Waals surface area (Å²) in [7, 11) is 1.61. The zero-order chi connectivity index (χ0) is 16.5. The number of fused-ring (bicyclic) bond motifs is 2. The molecule has 0 fully saturated rings. The topological polar surface area (TPSA) is 72.6 Å². The first-order valence-corrected chi connectivity index (χ1v) is 7.57. The predicted molar refractivity (Wildman–Crippen MR) is 88.6 cm³/mol. The molecule has 0 bridgehead atoms. The molecule has 2 aromatic carbocycles. The van der Waals surface area contributed by atoms with Crippen LogP contribution in [-0.2, 0) is 6.54 Å². The van der Waals surface area contributed by atoms with E-state index in [1.807, 2.05) is 36.4 Å². The summed E-state index contributed by atoms with van der Waals surface area (Å²) in [6.07, 6.45) is 0. The monoisotopic (exact) mass is 324 g/mol. The molecule has 122 valence electrons. The molecule has 0 aliphatic carbocycles. The van der Waals surface area contributed by atoms with Gasteiger partial charge in [-0.15, -0.1) is 0 Å². The molecule has 2 N–H and O–H groups in total. The summed E-state index contributed by atoms with van der Waals surface area (Å²) in [5.74, 6) is 1.99. The number of methoxy groups -OCH3 is 1. The normalized spacial score (nSPS) is 12.4. The fourth-order valence-corrected chi connectivity index (χ4v) is 2.76. The highest BCUT2D eigenvalue weighted by atomic mass is 16.7. The third-order valence-electron chi connectivity index (χ3n) is 3.98. The SMILES string of the molecule is COc1cccc2[nH]c(C(=O)NCc3ccc4c(c3)OCO4)cc12. The van der Waals surface area contributed by atoms with Crippen LogP contribution in [0.5, 0.6) is 17.2 Å². The van der Waals surface area contributed by atoms with Crippen molar-refractivity contribution in [3.63, 3.8) is 0 Å². The zero-order valence-electron chi connectivity index (χ0n) is 13.1. The Labute approximate surface area is 138 Å². The molecule has 3 aromatic rings. The van der Waals surface area contributed by atoms with Gasteiger partial charge in [0.1, 0.15) is 11.4 Å². The Bertz CT molecular complexity index is 917. The molecule has 6 nitrogen and oxygen atoms in total. The Kier molecular flexibility index (Phi) is 3.49. The summed E-state index contributed by atoms with van der Waals surface area (Å²) in [5, 5.41) is 3.78. The van der Waals surface area contributed by atoms with Crippen molar-refractivity contribution in [3.05, 3.63) is 53.7 Å². The second-order valence-electron chi connectivity index (χ2n) is 5.47. The molecule has 6 heteroatoms. The Morgan fingerprint density at radius 2 is 2.08 bits per heavy atom. The van der Waals surface area contributed by atoms with E-state index in [9.17, 15) is 4.79 Å². The molecule has 24 heavy (non-hydrogen) atoms. The van der Waals surface area contributed by atoms with E-state index < -0.39 is 0 Å². The average Bonchev–Trinajstić information content (AvgIpc) is 3.25. The molecule has 0 radical (unpaired) electrons. The summed E-state index contributed by atoms with van der Waals surface area (Å²) in [6, 6.07) is 13.1. The summed E-state index contributed by atoms with van der Waals surface area (Å²) in [5.41, 5.74) is 2.30. The van der Waals surface area contributed by atoms with Crippen LogP contribution in [0.15, 0.2) is 42.5 Å². The van der Waals surface area contributed by atoms with Gasteiger partial charge in [0.2, 0.25) is 6.79 Å². The van der Waals surface area contributed by atoms with Crippen molar-refractivity contribution in [2.75, 3.05) is 13.9 Å². The number of aromatic amines is 1. The molecule has 1 amide bonds. The van der Waals surface area contributed by atoms with Crippen LogP contribution in [-0.4, -0.2) is 24.8 Å². The van der Waals surface area contributed by atoms with E-state index in [1.54, 1.807) is 13.2 Å². The average molecular weight is 324 g/mol. The fourth-order valence-electron chi connectivity index (χ4n) is 2.76. The maximum Gasteiger partial charge on any atom is 0.267 e. The summed E-state index contributed by atoms with van der Waals surface area (Å²) >= 11 is 0. The third-order valence-corrected chi connectivity index (χ3v) is 3.98. The van der Waals surface area contributed by atoms with Gasteiger partial charge >= 0.3 is 0 Å². The van der Waals surface area contributed by atoms with Gasteiger partial charge in [-0.25, -0.2) is 0 Å². The molecule has 1 aromatic heterocycles. The van der Waals surface area contributed by atoms with E-state index in [0.29, 0.717) is 18.0 Å². The number of amides is 1. The Hall–Kier alpha value is -3.15. The van der Waals surface area contributed by atoms with Crippen LogP contribution in [0.25, 0.3) is 10.9 Å². The van der Waals surface area contributed by atoms with Gasteiger partial charge in [-0.05, 0) is 35.9 Å². The first kappa shape index (κ1) is 14.4. The van der Waals surface area contributed by atoms with Gasteiger partial charge in [-0.3, -0.25) is 4.79 Å². The van der Waals surface area contributed by atoms with Crippen molar-refractivity contribution in [2.24, 2.45) is 0 Å². The molecule has 1 aliphatic rings. The van der Waals surface area contributed by atoms with Gasteiger partial charge in [0.25, 0.3) is 5.91 Å². The lowest BCUT2D eigenvalue weighted by Gasteiger charge is -2.05. The second kappa shape index (κ2) is 5.81. The van der Waals surface area contributed by atoms with E-state index >= 15 is 0 Å². The number of ether oxygens (including phenoxy) is 3. The van der Waals surface area contributed by atoms with E-state index in [1.165, 1.54) is 0 Å². The summed E-state index contributed by atoms with van der Waals surface area (Å²) in [4.78, 5) is 15.5. The van der Waals surface area contributed by atoms with Crippen LogP contribution in [0.4, 0.5) is 0 Å². The maximum absolute atomic E-state index is 12.4. The number of benzene rings is 2. The van der Waals surface area contributed by atoms with Crippen LogP contribution in [0.2, 0.25) is 0 Å². The maximum atomic E-state index is 12.4. The van der Waals surface area contributed by atoms with Crippen LogP contribution in [0, 0.1) is 0 Å². The largest absolute Gasteiger partial charge is 0.496 e. The number of hydrogen-bond acceptors (Lipinski definition) is 4. The predicted octanol–water partition coefficient (Wildman–Crippen LogP) is 2.84. The van der Waals surface area contributed by atoms with Crippen molar-refractivity contribution in [1.29, 1.82) is 0 Å². The molecule has 1 aliphatic heterocycles. The van der Waals surface area contributed by atoms with Gasteiger partial charge in [-0.2, -0.15) is 0 Å². The van der Waals surface area contributed by atoms with Crippen LogP contribution in [0.3, 0.4) is 0 Å². The number of hydrogen-bond donors (Lipinski definition) is 2. The van der Waals surface area contributed by atoms with Crippen molar-refractivity contribution in [1.82, 2.24) is 10.3 Å². The van der Waals surface area contributed by atoms with Crippen LogP contribution >= 0.6 is 0 Å². The number of carbonyl (C=O) groups is 1. The highest BCUT2D eigenvalue weighted by Gasteiger charge is 2.15. The summed E-state index contributed by atoms with van der Waals surface area (Å²) in [6.45, 7) is 0.643. The lowest BCUT2D eigenvalue weighted by molar-refractivity contribution is 0.0946. The second-order valence-corrected chi connectivity index (χ2v) is 5.47. The number of H-pyrrole nitrogens is 1. The lowest BCUT2D eigenvalue weighted by Crippen LogP contribution is -2.23. The fraction of sp³-hybridized carbons (Fsp3) is 0.167. The van der Waals surface area contributed by atoms with Gasteiger partial charge < -0.3 is 24.5 Å². The zero-order valence-corrected chi connectivity index (χ0v) is 13.1.